The molecule has 0 fully saturated rings. The minimum Gasteiger partial charge on any atom is -0.354 e. The van der Waals surface area contributed by atoms with E-state index < -0.39 is 0 Å². The van der Waals surface area contributed by atoms with Gasteiger partial charge >= 0.3 is 0 Å². The number of nitrogens with one attached hydrogen (secondary N) is 1. The van der Waals surface area contributed by atoms with Gasteiger partial charge in [0, 0.05) is 6.54 Å². The van der Waals surface area contributed by atoms with Gasteiger partial charge in [-0.1, -0.05) is 13.8 Å². The molecule has 0 aliphatic rings. The highest BCUT2D eigenvalue weighted by molar-refractivity contribution is 5.78. The van der Waals surface area contributed by atoms with E-state index in [0.29, 0.717) is 24.4 Å². The molecule has 1 N–H and O–H groups in total. The van der Waals surface area contributed by atoms with Gasteiger partial charge in [0.1, 0.15) is 12.2 Å². The van der Waals surface area contributed by atoms with Crippen molar-refractivity contribution in [1.29, 1.82) is 0 Å². The molecule has 1 rings (SSSR count). The molecular formula is C10H15N3O2. The Morgan fingerprint density at radius 2 is 2.40 bits per heavy atom. The Balaban J connectivity index is 2.47. The van der Waals surface area contributed by atoms with Crippen LogP contribution in [0.3, 0.4) is 0 Å². The summed E-state index contributed by atoms with van der Waals surface area (Å²) in [4.78, 5) is 25.7. The number of aldehydes is 1. The highest BCUT2D eigenvalue weighted by Crippen LogP contribution is 1.95. The minimum absolute atomic E-state index is 0.107. The number of hydrogen-bond acceptors (Lipinski definition) is 3. The average Bonchev–Trinajstić information content (AvgIpc) is 2.62. The topological polar surface area (TPSA) is 64.0 Å². The lowest BCUT2D eigenvalue weighted by atomic mass is 10.2. The van der Waals surface area contributed by atoms with E-state index in [-0.39, 0.29) is 12.5 Å². The van der Waals surface area contributed by atoms with Crippen molar-refractivity contribution in [1.82, 2.24) is 14.9 Å². The molecule has 0 saturated heterocycles. The van der Waals surface area contributed by atoms with Crippen molar-refractivity contribution in [2.45, 2.75) is 20.4 Å². The average molecular weight is 209 g/mol. The Morgan fingerprint density at radius 3 is 3.00 bits per heavy atom. The Bertz CT molecular complexity index is 344. The quantitative estimate of drug-likeness (QED) is 0.717. The van der Waals surface area contributed by atoms with Gasteiger partial charge in [-0.2, -0.15) is 0 Å². The van der Waals surface area contributed by atoms with Crippen molar-refractivity contribution < 1.29 is 9.59 Å². The summed E-state index contributed by atoms with van der Waals surface area (Å²) >= 11 is 0. The van der Waals surface area contributed by atoms with E-state index in [4.69, 9.17) is 0 Å². The first-order chi connectivity index (χ1) is 7.13. The molecule has 1 aromatic rings. The number of aromatic nitrogens is 2. The number of nitrogens with zero attached hydrogens (tertiary/aromatic N) is 2. The van der Waals surface area contributed by atoms with Crippen LogP contribution in [-0.2, 0) is 11.3 Å². The van der Waals surface area contributed by atoms with Crippen LogP contribution in [0.2, 0.25) is 0 Å². The second-order valence-electron chi connectivity index (χ2n) is 3.76. The maximum absolute atomic E-state index is 11.4. The van der Waals surface area contributed by atoms with Crippen molar-refractivity contribution in [2.24, 2.45) is 5.92 Å². The van der Waals surface area contributed by atoms with Crippen LogP contribution in [0.15, 0.2) is 12.5 Å². The third kappa shape index (κ3) is 3.53. The van der Waals surface area contributed by atoms with Gasteiger partial charge in [0.25, 0.3) is 0 Å². The van der Waals surface area contributed by atoms with Gasteiger partial charge in [-0.25, -0.2) is 4.98 Å². The number of carbonyl (C=O) groups excluding carboxylic acids is 2. The first-order valence-corrected chi connectivity index (χ1v) is 4.85. The molecule has 1 heterocycles. The fraction of sp³-hybridized carbons (Fsp3) is 0.500. The van der Waals surface area contributed by atoms with Gasteiger partial charge in [-0.3, -0.25) is 9.59 Å². The summed E-state index contributed by atoms with van der Waals surface area (Å²) in [6, 6.07) is 0. The largest absolute Gasteiger partial charge is 0.354 e. The Labute approximate surface area is 88.5 Å². The van der Waals surface area contributed by atoms with Gasteiger partial charge in [-0.05, 0) is 5.92 Å². The molecule has 5 nitrogen and oxygen atoms in total. The molecular weight excluding hydrogens is 194 g/mol. The first-order valence-electron chi connectivity index (χ1n) is 4.85. The molecule has 5 heteroatoms. The number of hydrogen-bond donors (Lipinski definition) is 1. The maximum Gasteiger partial charge on any atom is 0.240 e. The van der Waals surface area contributed by atoms with Crippen molar-refractivity contribution in [3.63, 3.8) is 0 Å². The first kappa shape index (κ1) is 11.4. The smallest absolute Gasteiger partial charge is 0.240 e. The molecule has 1 aromatic heterocycles. The van der Waals surface area contributed by atoms with Crippen LogP contribution in [-0.4, -0.2) is 28.3 Å². The second kappa shape index (κ2) is 5.29. The van der Waals surface area contributed by atoms with Crippen LogP contribution >= 0.6 is 0 Å². The Morgan fingerprint density at radius 1 is 1.67 bits per heavy atom. The van der Waals surface area contributed by atoms with Crippen molar-refractivity contribution >= 4 is 12.2 Å². The molecule has 0 aromatic carbocycles. The zero-order valence-electron chi connectivity index (χ0n) is 8.93. The summed E-state index contributed by atoms with van der Waals surface area (Å²) in [5.74, 6) is 0.312. The normalized spacial score (nSPS) is 10.3. The third-order valence-corrected chi connectivity index (χ3v) is 1.89. The zero-order valence-corrected chi connectivity index (χ0v) is 8.93. The molecule has 0 radical (unpaired) electrons. The second-order valence-corrected chi connectivity index (χ2v) is 3.76. The Hall–Kier alpha value is -1.65. The number of imidazole rings is 1. The third-order valence-electron chi connectivity index (χ3n) is 1.89. The van der Waals surface area contributed by atoms with Crippen molar-refractivity contribution in [3.05, 3.63) is 18.2 Å². The molecule has 0 spiro atoms. The molecule has 15 heavy (non-hydrogen) atoms. The number of carbonyl (C=O) groups is 2. The lowest BCUT2D eigenvalue weighted by Gasteiger charge is -2.08. The van der Waals surface area contributed by atoms with Gasteiger partial charge in [0.05, 0.1) is 12.5 Å². The highest BCUT2D eigenvalue weighted by atomic mass is 16.2. The van der Waals surface area contributed by atoms with Crippen LogP contribution < -0.4 is 5.32 Å². The van der Waals surface area contributed by atoms with E-state index >= 15 is 0 Å². The summed E-state index contributed by atoms with van der Waals surface area (Å²) < 4.78 is 1.52. The predicted molar refractivity (Wildman–Crippen MR) is 55.5 cm³/mol. The summed E-state index contributed by atoms with van der Waals surface area (Å²) in [7, 11) is 0. The standard InChI is InChI=1S/C10H15N3O2/c1-8(2)3-12-10(15)5-13-7-11-4-9(13)6-14/h4,6-8H,3,5H2,1-2H3,(H,12,15). The fourth-order valence-corrected chi connectivity index (χ4v) is 1.09. The van der Waals surface area contributed by atoms with E-state index in [1.807, 2.05) is 13.8 Å². The van der Waals surface area contributed by atoms with Gasteiger partial charge in [0.2, 0.25) is 5.91 Å². The monoisotopic (exact) mass is 209 g/mol. The van der Waals surface area contributed by atoms with Gasteiger partial charge < -0.3 is 9.88 Å². The van der Waals surface area contributed by atoms with Crippen molar-refractivity contribution in [3.8, 4) is 0 Å². The minimum atomic E-state index is -0.107. The summed E-state index contributed by atoms with van der Waals surface area (Å²) in [6.45, 7) is 4.83. The fourth-order valence-electron chi connectivity index (χ4n) is 1.09. The Kier molecular flexibility index (Phi) is 4.03. The molecule has 1 amide bonds. The maximum atomic E-state index is 11.4. The van der Waals surface area contributed by atoms with Crippen LogP contribution in [0.5, 0.6) is 0 Å². The van der Waals surface area contributed by atoms with Crippen LogP contribution in [0.25, 0.3) is 0 Å². The van der Waals surface area contributed by atoms with Crippen LogP contribution in [0.1, 0.15) is 24.3 Å². The van der Waals surface area contributed by atoms with Crippen LogP contribution in [0.4, 0.5) is 0 Å². The molecule has 0 saturated carbocycles. The van der Waals surface area contributed by atoms with E-state index in [1.165, 1.54) is 17.1 Å². The summed E-state index contributed by atoms with van der Waals surface area (Å²) in [5.41, 5.74) is 0.412. The van der Waals surface area contributed by atoms with Gasteiger partial charge in [0.15, 0.2) is 6.29 Å². The van der Waals surface area contributed by atoms with Crippen LogP contribution in [0, 0.1) is 5.92 Å². The summed E-state index contributed by atoms with van der Waals surface area (Å²) in [5, 5.41) is 2.77. The van der Waals surface area contributed by atoms with E-state index in [1.54, 1.807) is 0 Å². The molecule has 0 aliphatic heterocycles. The van der Waals surface area contributed by atoms with Crippen molar-refractivity contribution in [2.75, 3.05) is 6.54 Å². The SMILES string of the molecule is CC(C)CNC(=O)Cn1cncc1C=O. The molecule has 0 aliphatic carbocycles. The molecule has 0 unspecified atom stereocenters. The van der Waals surface area contributed by atoms with Gasteiger partial charge in [-0.15, -0.1) is 0 Å². The highest BCUT2D eigenvalue weighted by Gasteiger charge is 2.06. The number of rotatable bonds is 5. The summed E-state index contributed by atoms with van der Waals surface area (Å²) in [6.07, 6.45) is 3.59. The van der Waals surface area contributed by atoms with E-state index in [9.17, 15) is 9.59 Å². The predicted octanol–water partition coefficient (Wildman–Crippen LogP) is 0.468. The van der Waals surface area contributed by atoms with E-state index in [0.717, 1.165) is 0 Å². The lowest BCUT2D eigenvalue weighted by molar-refractivity contribution is -0.121. The number of amides is 1. The molecule has 82 valence electrons. The van der Waals surface area contributed by atoms with E-state index in [2.05, 4.69) is 10.3 Å². The zero-order chi connectivity index (χ0) is 11.3. The molecule has 0 atom stereocenters. The lowest BCUT2D eigenvalue weighted by Crippen LogP contribution is -2.30. The molecule has 0 bridgehead atoms.